The van der Waals surface area contributed by atoms with Crippen LogP contribution >= 0.6 is 11.6 Å². The van der Waals surface area contributed by atoms with Crippen LogP contribution in [0.2, 0.25) is 0 Å². The average Bonchev–Trinajstić information content (AvgIpc) is 2.72. The molecular formula is C20H18ClFN6O3. The van der Waals surface area contributed by atoms with Gasteiger partial charge in [0.05, 0.1) is 30.2 Å². The Hall–Kier alpha value is -3.71. The van der Waals surface area contributed by atoms with Crippen LogP contribution in [0, 0.1) is 17.7 Å². The van der Waals surface area contributed by atoms with Gasteiger partial charge in [0.1, 0.15) is 11.5 Å². The Balaban J connectivity index is 1.74. The number of alkyl halides is 1. The molecule has 0 aliphatic carbocycles. The molecule has 2 aromatic rings. The molecule has 0 radical (unpaired) electrons. The number of hydrogen-bond donors (Lipinski definition) is 3. The maximum Gasteiger partial charge on any atom is 0.275 e. The minimum atomic E-state index is -1.21. The normalized spacial score (nSPS) is 17.6. The number of anilines is 1. The summed E-state index contributed by atoms with van der Waals surface area (Å²) in [5.74, 6) is 4.08. The van der Waals surface area contributed by atoms with Crippen molar-refractivity contribution in [3.63, 3.8) is 0 Å². The second-order valence-electron chi connectivity index (χ2n) is 6.66. The first-order chi connectivity index (χ1) is 14.8. The van der Waals surface area contributed by atoms with Gasteiger partial charge in [-0.15, -0.1) is 11.6 Å². The molecule has 0 fully saturated rings. The molecule has 9 nitrogen and oxygen atoms in total. The van der Waals surface area contributed by atoms with Gasteiger partial charge in [0.25, 0.3) is 5.91 Å². The van der Waals surface area contributed by atoms with Crippen molar-refractivity contribution in [1.82, 2.24) is 15.3 Å². The van der Waals surface area contributed by atoms with Crippen LogP contribution in [0.5, 0.6) is 5.88 Å². The van der Waals surface area contributed by atoms with Gasteiger partial charge in [-0.25, -0.2) is 19.4 Å². The highest BCUT2D eigenvalue weighted by Gasteiger charge is 2.35. The van der Waals surface area contributed by atoms with Crippen LogP contribution in [0.25, 0.3) is 0 Å². The number of aliphatic imine (C=N–C) groups is 1. The van der Waals surface area contributed by atoms with Crippen LogP contribution in [-0.4, -0.2) is 40.2 Å². The molecule has 1 aromatic heterocycles. The number of nitrogens with two attached hydrogens (primary N) is 1. The van der Waals surface area contributed by atoms with Crippen molar-refractivity contribution in [2.24, 2.45) is 10.7 Å². The van der Waals surface area contributed by atoms with Crippen LogP contribution in [-0.2, 0) is 10.3 Å². The van der Waals surface area contributed by atoms with Gasteiger partial charge in [0.15, 0.2) is 12.6 Å². The molecule has 1 aliphatic heterocycles. The van der Waals surface area contributed by atoms with Gasteiger partial charge in [-0.2, -0.15) is 0 Å². The number of rotatable bonds is 5. The van der Waals surface area contributed by atoms with E-state index in [0.29, 0.717) is 5.69 Å². The molecule has 4 N–H and O–H groups in total. The third-order valence-corrected chi connectivity index (χ3v) is 4.42. The lowest BCUT2D eigenvalue weighted by atomic mass is 9.87. The molecule has 1 unspecified atom stereocenters. The number of guanidine groups is 1. The zero-order valence-corrected chi connectivity index (χ0v) is 17.2. The fraction of sp³-hybridized carbons (Fsp3) is 0.250. The Labute approximate surface area is 182 Å². The predicted octanol–water partition coefficient (Wildman–Crippen LogP) is 1.54. The number of carbonyl (C=O) groups is 2. The summed E-state index contributed by atoms with van der Waals surface area (Å²) >= 11 is 5.44. The molecule has 0 spiro atoms. The Bertz CT molecular complexity index is 1100. The fourth-order valence-electron chi connectivity index (χ4n) is 2.92. The van der Waals surface area contributed by atoms with Crippen molar-refractivity contribution in [3.05, 3.63) is 47.7 Å². The highest BCUT2D eigenvalue weighted by Crippen LogP contribution is 2.34. The van der Waals surface area contributed by atoms with Gasteiger partial charge in [-0.05, 0) is 25.1 Å². The monoisotopic (exact) mass is 444 g/mol. The third-order valence-electron chi connectivity index (χ3n) is 4.29. The maximum atomic E-state index is 14.5. The molecule has 0 bridgehead atoms. The molecule has 0 saturated heterocycles. The molecule has 31 heavy (non-hydrogen) atoms. The molecule has 1 aromatic carbocycles. The van der Waals surface area contributed by atoms with Gasteiger partial charge in [0.2, 0.25) is 11.8 Å². The number of nitrogens with zero attached hydrogens (tertiary/aromatic N) is 3. The highest BCUT2D eigenvalue weighted by molar-refractivity contribution is 6.19. The number of amides is 2. The van der Waals surface area contributed by atoms with Crippen LogP contribution in [0.15, 0.2) is 35.6 Å². The van der Waals surface area contributed by atoms with Crippen molar-refractivity contribution in [2.45, 2.75) is 18.9 Å². The van der Waals surface area contributed by atoms with Gasteiger partial charge in [-0.1, -0.05) is 11.8 Å². The molecule has 2 heterocycles. The molecule has 0 saturated carbocycles. The van der Waals surface area contributed by atoms with Gasteiger partial charge in [-0.3, -0.25) is 14.9 Å². The number of carbonyl (C=O) groups excluding carboxylic acids is 2. The standard InChI is InChI=1S/C20H18ClFN6O3/c1-20(9-16(29)27-19(23)28-20)13-8-12(4-5-14(13)22)26-18(30)15-10-25-17(11-24-15)31-7-3-2-6-21/h4-5,8,10-11H,6-7,9H2,1H3,(H,26,30)(H3,23,27,28,29). The first kappa shape index (κ1) is 22.0. The Morgan fingerprint density at radius 3 is 2.87 bits per heavy atom. The van der Waals surface area contributed by atoms with E-state index < -0.39 is 17.3 Å². The number of hydrogen-bond acceptors (Lipinski definition) is 7. The van der Waals surface area contributed by atoms with Crippen LogP contribution in [0.3, 0.4) is 0 Å². The van der Waals surface area contributed by atoms with E-state index in [1.165, 1.54) is 30.6 Å². The number of aromatic nitrogens is 2. The number of nitrogens with one attached hydrogen (secondary N) is 2. The molecule has 11 heteroatoms. The van der Waals surface area contributed by atoms with Gasteiger partial charge >= 0.3 is 0 Å². The first-order valence-corrected chi connectivity index (χ1v) is 9.57. The smallest absolute Gasteiger partial charge is 0.275 e. The number of halogens is 2. The Morgan fingerprint density at radius 1 is 1.39 bits per heavy atom. The lowest BCUT2D eigenvalue weighted by molar-refractivity contribution is -0.121. The topological polar surface area (TPSA) is 132 Å². The van der Waals surface area contributed by atoms with Gasteiger partial charge < -0.3 is 15.8 Å². The van der Waals surface area contributed by atoms with Crippen LogP contribution in [0.1, 0.15) is 29.4 Å². The van der Waals surface area contributed by atoms with Crippen molar-refractivity contribution >= 4 is 35.1 Å². The van der Waals surface area contributed by atoms with E-state index >= 15 is 0 Å². The zero-order chi connectivity index (χ0) is 22.4. The fourth-order valence-corrected chi connectivity index (χ4v) is 3.01. The second kappa shape index (κ2) is 9.40. The highest BCUT2D eigenvalue weighted by atomic mass is 35.5. The summed E-state index contributed by atoms with van der Waals surface area (Å²) in [6.07, 6.45) is 2.43. The SMILES string of the molecule is CC1(c2cc(NC(=O)c3cnc(OCC#CCCl)cn3)ccc2F)CC(=O)NC(N)=N1. The van der Waals surface area contributed by atoms with Crippen molar-refractivity contribution in [1.29, 1.82) is 0 Å². The van der Waals surface area contributed by atoms with Crippen molar-refractivity contribution < 1.29 is 18.7 Å². The Kier molecular flexibility index (Phi) is 6.67. The van der Waals surface area contributed by atoms with Crippen LogP contribution < -0.4 is 21.1 Å². The van der Waals surface area contributed by atoms with E-state index in [1.54, 1.807) is 6.92 Å². The molecule has 3 rings (SSSR count). The summed E-state index contributed by atoms with van der Waals surface area (Å²) < 4.78 is 19.8. The van der Waals surface area contributed by atoms with E-state index in [-0.39, 0.29) is 47.9 Å². The predicted molar refractivity (Wildman–Crippen MR) is 112 cm³/mol. The van der Waals surface area contributed by atoms with Crippen molar-refractivity contribution in [2.75, 3.05) is 17.8 Å². The maximum absolute atomic E-state index is 14.5. The first-order valence-electron chi connectivity index (χ1n) is 9.04. The van der Waals surface area contributed by atoms with Gasteiger partial charge in [0, 0.05) is 11.3 Å². The molecule has 1 atom stereocenters. The minimum absolute atomic E-state index is 0.0237. The van der Waals surface area contributed by atoms with E-state index in [9.17, 15) is 14.0 Å². The number of ether oxygens (including phenoxy) is 1. The molecular weight excluding hydrogens is 427 g/mol. The quantitative estimate of drug-likeness (QED) is 0.473. The van der Waals surface area contributed by atoms with E-state index in [4.69, 9.17) is 22.1 Å². The lowest BCUT2D eigenvalue weighted by Crippen LogP contribution is -2.46. The molecule has 1 aliphatic rings. The number of benzene rings is 1. The van der Waals surface area contributed by atoms with E-state index in [0.717, 1.165) is 0 Å². The second-order valence-corrected chi connectivity index (χ2v) is 6.93. The summed E-state index contributed by atoms with van der Waals surface area (Å²) in [6.45, 7) is 1.68. The van der Waals surface area contributed by atoms with E-state index in [1.807, 2.05) is 0 Å². The lowest BCUT2D eigenvalue weighted by Gasteiger charge is -2.30. The van der Waals surface area contributed by atoms with E-state index in [2.05, 4.69) is 37.4 Å². The summed E-state index contributed by atoms with van der Waals surface area (Å²) in [5.41, 5.74) is 4.86. The van der Waals surface area contributed by atoms with Crippen LogP contribution in [0.4, 0.5) is 10.1 Å². The summed E-state index contributed by atoms with van der Waals surface area (Å²) in [7, 11) is 0. The Morgan fingerprint density at radius 2 is 2.19 bits per heavy atom. The van der Waals surface area contributed by atoms with Crippen molar-refractivity contribution in [3.8, 4) is 17.7 Å². The zero-order valence-electron chi connectivity index (χ0n) is 16.4. The molecule has 2 amide bonds. The summed E-state index contributed by atoms with van der Waals surface area (Å²) in [6, 6.07) is 3.97. The average molecular weight is 445 g/mol. The molecule has 160 valence electrons. The third kappa shape index (κ3) is 5.46. The minimum Gasteiger partial charge on any atom is -0.463 e. The summed E-state index contributed by atoms with van der Waals surface area (Å²) in [4.78, 5) is 36.5. The largest absolute Gasteiger partial charge is 0.463 e. The summed E-state index contributed by atoms with van der Waals surface area (Å²) in [5, 5.41) is 4.99.